The summed E-state index contributed by atoms with van der Waals surface area (Å²) in [6, 6.07) is 2.91. The van der Waals surface area contributed by atoms with Crippen LogP contribution in [0.15, 0.2) is 12.1 Å². The number of ether oxygens (including phenoxy) is 2. The number of carbonyl (C=O) groups is 2. The Labute approximate surface area is 121 Å². The summed E-state index contributed by atoms with van der Waals surface area (Å²) in [4.78, 5) is 22.8. The number of rotatable bonds is 6. The standard InChI is InChI=1S/C14H17F2NO4/c1-8-6-10(7-9(2)12(8)21-14(15)16)13(19)17-5-4-11(18)20-3/h6-7,14H,4-5H2,1-3H3,(H,17,19). The molecule has 0 aliphatic heterocycles. The molecular weight excluding hydrogens is 284 g/mol. The largest absolute Gasteiger partial charge is 0.469 e. The molecule has 0 atom stereocenters. The Bertz CT molecular complexity index is 509. The first-order valence-corrected chi connectivity index (χ1v) is 6.26. The van der Waals surface area contributed by atoms with E-state index in [0.29, 0.717) is 16.7 Å². The number of aryl methyl sites for hydroxylation is 2. The van der Waals surface area contributed by atoms with E-state index in [4.69, 9.17) is 0 Å². The molecular formula is C14H17F2NO4. The van der Waals surface area contributed by atoms with Crippen LogP contribution in [0, 0.1) is 13.8 Å². The summed E-state index contributed by atoms with van der Waals surface area (Å²) in [5, 5.41) is 2.55. The van der Waals surface area contributed by atoms with Gasteiger partial charge in [0.1, 0.15) is 5.75 Å². The molecule has 0 aliphatic carbocycles. The van der Waals surface area contributed by atoms with E-state index < -0.39 is 18.5 Å². The molecule has 0 unspecified atom stereocenters. The molecule has 5 nitrogen and oxygen atoms in total. The minimum absolute atomic E-state index is 0.0623. The number of hydrogen-bond donors (Lipinski definition) is 1. The minimum Gasteiger partial charge on any atom is -0.469 e. The predicted octanol–water partition coefficient (Wildman–Crippen LogP) is 2.20. The van der Waals surface area contributed by atoms with Gasteiger partial charge >= 0.3 is 12.6 Å². The van der Waals surface area contributed by atoms with Crippen LogP contribution in [0.1, 0.15) is 27.9 Å². The van der Waals surface area contributed by atoms with E-state index in [-0.39, 0.29) is 18.7 Å². The Morgan fingerprint density at radius 3 is 2.29 bits per heavy atom. The van der Waals surface area contributed by atoms with Gasteiger partial charge in [0.15, 0.2) is 0 Å². The van der Waals surface area contributed by atoms with Gasteiger partial charge < -0.3 is 14.8 Å². The molecule has 1 aromatic rings. The van der Waals surface area contributed by atoms with Gasteiger partial charge in [-0.05, 0) is 37.1 Å². The molecule has 0 fully saturated rings. The maximum absolute atomic E-state index is 12.3. The first-order chi connectivity index (χ1) is 9.85. The lowest BCUT2D eigenvalue weighted by atomic mass is 10.1. The van der Waals surface area contributed by atoms with Crippen LogP contribution in [0.5, 0.6) is 5.75 Å². The number of nitrogens with one attached hydrogen (secondary N) is 1. The smallest absolute Gasteiger partial charge is 0.387 e. The number of methoxy groups -OCH3 is 1. The highest BCUT2D eigenvalue weighted by Gasteiger charge is 2.14. The predicted molar refractivity (Wildman–Crippen MR) is 71.5 cm³/mol. The Balaban J connectivity index is 2.75. The number of carbonyl (C=O) groups excluding carboxylic acids is 2. The third-order valence-electron chi connectivity index (χ3n) is 2.77. The van der Waals surface area contributed by atoms with Crippen LogP contribution in [0.2, 0.25) is 0 Å². The van der Waals surface area contributed by atoms with Gasteiger partial charge in [-0.25, -0.2) is 0 Å². The molecule has 0 aliphatic rings. The van der Waals surface area contributed by atoms with Crippen LogP contribution < -0.4 is 10.1 Å². The maximum atomic E-state index is 12.3. The molecule has 0 radical (unpaired) electrons. The summed E-state index contributed by atoms with van der Waals surface area (Å²) in [6.45, 7) is 0.382. The van der Waals surface area contributed by atoms with Crippen LogP contribution >= 0.6 is 0 Å². The summed E-state index contributed by atoms with van der Waals surface area (Å²) in [7, 11) is 1.26. The third-order valence-corrected chi connectivity index (χ3v) is 2.77. The van der Waals surface area contributed by atoms with Crippen molar-refractivity contribution in [3.8, 4) is 5.75 Å². The van der Waals surface area contributed by atoms with Crippen molar-refractivity contribution in [1.82, 2.24) is 5.32 Å². The lowest BCUT2D eigenvalue weighted by Crippen LogP contribution is -2.26. The lowest BCUT2D eigenvalue weighted by molar-refractivity contribution is -0.140. The molecule has 0 aromatic heterocycles. The zero-order chi connectivity index (χ0) is 16.0. The number of benzene rings is 1. The second-order valence-corrected chi connectivity index (χ2v) is 4.40. The zero-order valence-electron chi connectivity index (χ0n) is 12.0. The van der Waals surface area contributed by atoms with E-state index in [0.717, 1.165) is 0 Å². The van der Waals surface area contributed by atoms with Gasteiger partial charge in [0.05, 0.1) is 13.5 Å². The van der Waals surface area contributed by atoms with E-state index in [9.17, 15) is 18.4 Å². The fraction of sp³-hybridized carbons (Fsp3) is 0.429. The van der Waals surface area contributed by atoms with Crippen LogP contribution in [0.25, 0.3) is 0 Å². The van der Waals surface area contributed by atoms with Gasteiger partial charge in [-0.15, -0.1) is 0 Å². The molecule has 0 saturated carbocycles. The van der Waals surface area contributed by atoms with E-state index in [1.807, 2.05) is 0 Å². The van der Waals surface area contributed by atoms with Gasteiger partial charge in [0, 0.05) is 12.1 Å². The number of alkyl halides is 2. The van der Waals surface area contributed by atoms with Crippen LogP contribution in [-0.2, 0) is 9.53 Å². The van der Waals surface area contributed by atoms with Gasteiger partial charge in [-0.3, -0.25) is 9.59 Å². The van der Waals surface area contributed by atoms with Crippen LogP contribution in [-0.4, -0.2) is 32.1 Å². The van der Waals surface area contributed by atoms with E-state index in [1.165, 1.54) is 19.2 Å². The molecule has 1 amide bonds. The summed E-state index contributed by atoms with van der Waals surface area (Å²) in [5.74, 6) is -0.756. The summed E-state index contributed by atoms with van der Waals surface area (Å²) < 4.78 is 33.4. The van der Waals surface area contributed by atoms with Crippen molar-refractivity contribution in [2.24, 2.45) is 0 Å². The highest BCUT2D eigenvalue weighted by atomic mass is 19.3. The topological polar surface area (TPSA) is 64.6 Å². The first kappa shape index (κ1) is 16.9. The van der Waals surface area contributed by atoms with Gasteiger partial charge in [-0.2, -0.15) is 8.78 Å². The minimum atomic E-state index is -2.91. The lowest BCUT2D eigenvalue weighted by Gasteiger charge is -2.13. The molecule has 0 spiro atoms. The quantitative estimate of drug-likeness (QED) is 0.818. The zero-order valence-corrected chi connectivity index (χ0v) is 12.0. The highest BCUT2D eigenvalue weighted by molar-refractivity contribution is 5.95. The summed E-state index contributed by atoms with van der Waals surface area (Å²) >= 11 is 0. The third kappa shape index (κ3) is 5.02. The SMILES string of the molecule is COC(=O)CCNC(=O)c1cc(C)c(OC(F)F)c(C)c1. The molecule has 7 heteroatoms. The van der Waals surface area contributed by atoms with E-state index in [2.05, 4.69) is 14.8 Å². The Morgan fingerprint density at radius 2 is 1.81 bits per heavy atom. The first-order valence-electron chi connectivity index (χ1n) is 6.26. The van der Waals surface area contributed by atoms with E-state index in [1.54, 1.807) is 13.8 Å². The molecule has 1 N–H and O–H groups in total. The van der Waals surface area contributed by atoms with E-state index >= 15 is 0 Å². The van der Waals surface area contributed by atoms with Crippen molar-refractivity contribution in [3.63, 3.8) is 0 Å². The van der Waals surface area contributed by atoms with Crippen LogP contribution in [0.3, 0.4) is 0 Å². The Kier molecular flexibility index (Phi) is 6.08. The van der Waals surface area contributed by atoms with Crippen LogP contribution in [0.4, 0.5) is 8.78 Å². The maximum Gasteiger partial charge on any atom is 0.387 e. The molecule has 1 aromatic carbocycles. The number of halogens is 2. The van der Waals surface area contributed by atoms with Crippen molar-refractivity contribution in [1.29, 1.82) is 0 Å². The van der Waals surface area contributed by atoms with Crippen molar-refractivity contribution in [3.05, 3.63) is 28.8 Å². The summed E-state index contributed by atoms with van der Waals surface area (Å²) in [6.07, 6.45) is 0.0623. The van der Waals surface area contributed by atoms with Crippen molar-refractivity contribution >= 4 is 11.9 Å². The molecule has 21 heavy (non-hydrogen) atoms. The van der Waals surface area contributed by atoms with Crippen molar-refractivity contribution in [2.75, 3.05) is 13.7 Å². The number of amides is 1. The average molecular weight is 301 g/mol. The van der Waals surface area contributed by atoms with Gasteiger partial charge in [-0.1, -0.05) is 0 Å². The molecule has 0 bridgehead atoms. The second-order valence-electron chi connectivity index (χ2n) is 4.40. The van der Waals surface area contributed by atoms with Crippen molar-refractivity contribution in [2.45, 2.75) is 26.9 Å². The van der Waals surface area contributed by atoms with Gasteiger partial charge in [0.25, 0.3) is 5.91 Å². The number of hydrogen-bond acceptors (Lipinski definition) is 4. The molecule has 0 heterocycles. The average Bonchev–Trinajstić information content (AvgIpc) is 2.41. The Morgan fingerprint density at radius 1 is 1.24 bits per heavy atom. The summed E-state index contributed by atoms with van der Waals surface area (Å²) in [5.41, 5.74) is 1.19. The van der Waals surface area contributed by atoms with Crippen molar-refractivity contribution < 1.29 is 27.8 Å². The fourth-order valence-electron chi connectivity index (χ4n) is 1.84. The normalized spacial score (nSPS) is 10.4. The second kappa shape index (κ2) is 7.56. The fourth-order valence-corrected chi connectivity index (χ4v) is 1.84. The molecule has 1 rings (SSSR count). The molecule has 0 saturated heterocycles. The Hall–Kier alpha value is -2.18. The van der Waals surface area contributed by atoms with Gasteiger partial charge in [0.2, 0.25) is 0 Å². The molecule has 116 valence electrons. The number of esters is 1. The highest BCUT2D eigenvalue weighted by Crippen LogP contribution is 2.26. The monoisotopic (exact) mass is 301 g/mol.